The van der Waals surface area contributed by atoms with E-state index in [-0.39, 0.29) is 6.04 Å². The van der Waals surface area contributed by atoms with E-state index in [0.717, 1.165) is 15.8 Å². The lowest BCUT2D eigenvalue weighted by molar-refractivity contribution is 0.469. The van der Waals surface area contributed by atoms with Crippen LogP contribution in [-0.2, 0) is 0 Å². The molecular weight excluding hydrogens is 280 g/mol. The number of pyridine rings is 1. The number of hydrogen-bond acceptors (Lipinski definition) is 3. The second-order valence-electron chi connectivity index (χ2n) is 3.76. The minimum Gasteiger partial charge on any atom is -0.455 e. The molecule has 17 heavy (non-hydrogen) atoms. The molecule has 0 radical (unpaired) electrons. The third-order valence-corrected chi connectivity index (χ3v) is 2.82. The fourth-order valence-electron chi connectivity index (χ4n) is 1.51. The summed E-state index contributed by atoms with van der Waals surface area (Å²) in [7, 11) is 0. The van der Waals surface area contributed by atoms with E-state index < -0.39 is 0 Å². The maximum absolute atomic E-state index is 5.91. The topological polar surface area (TPSA) is 48.1 Å². The van der Waals surface area contributed by atoms with E-state index >= 15 is 0 Å². The Bertz CT molecular complexity index is 500. The smallest absolute Gasteiger partial charge is 0.145 e. The van der Waals surface area contributed by atoms with Crippen molar-refractivity contribution < 1.29 is 4.74 Å². The van der Waals surface area contributed by atoms with Gasteiger partial charge in [-0.15, -0.1) is 0 Å². The van der Waals surface area contributed by atoms with Gasteiger partial charge in [-0.3, -0.25) is 4.98 Å². The average molecular weight is 293 g/mol. The monoisotopic (exact) mass is 292 g/mol. The highest BCUT2D eigenvalue weighted by molar-refractivity contribution is 9.10. The van der Waals surface area contributed by atoms with Crippen molar-refractivity contribution in [2.75, 3.05) is 0 Å². The van der Waals surface area contributed by atoms with E-state index in [9.17, 15) is 0 Å². The molecule has 0 spiro atoms. The summed E-state index contributed by atoms with van der Waals surface area (Å²) >= 11 is 3.42. The largest absolute Gasteiger partial charge is 0.455 e. The number of rotatable bonds is 3. The van der Waals surface area contributed by atoms with Crippen LogP contribution in [0.2, 0.25) is 0 Å². The van der Waals surface area contributed by atoms with Crippen LogP contribution in [0, 0.1) is 0 Å². The van der Waals surface area contributed by atoms with Gasteiger partial charge in [0, 0.05) is 22.3 Å². The standard InChI is InChI=1S/C13H13BrN2O/c1-9(15)12-5-4-10(14)7-13(12)17-11-3-2-6-16-8-11/h2-9H,15H2,1H3. The van der Waals surface area contributed by atoms with Gasteiger partial charge in [-0.2, -0.15) is 0 Å². The molecule has 0 aliphatic heterocycles. The van der Waals surface area contributed by atoms with Crippen LogP contribution in [0.15, 0.2) is 47.2 Å². The van der Waals surface area contributed by atoms with Crippen LogP contribution in [0.1, 0.15) is 18.5 Å². The number of hydrogen-bond donors (Lipinski definition) is 1. The third kappa shape index (κ3) is 3.05. The zero-order valence-corrected chi connectivity index (χ0v) is 11.0. The van der Waals surface area contributed by atoms with Gasteiger partial charge in [0.25, 0.3) is 0 Å². The van der Waals surface area contributed by atoms with Crippen molar-refractivity contribution in [2.45, 2.75) is 13.0 Å². The van der Waals surface area contributed by atoms with Crippen molar-refractivity contribution in [2.24, 2.45) is 5.73 Å². The highest BCUT2D eigenvalue weighted by atomic mass is 79.9. The molecule has 4 heteroatoms. The van der Waals surface area contributed by atoms with Crippen molar-refractivity contribution in [1.82, 2.24) is 4.98 Å². The van der Waals surface area contributed by atoms with Gasteiger partial charge in [0.05, 0.1) is 6.20 Å². The van der Waals surface area contributed by atoms with Crippen LogP contribution in [0.4, 0.5) is 0 Å². The summed E-state index contributed by atoms with van der Waals surface area (Å²) in [5.41, 5.74) is 6.88. The number of aromatic nitrogens is 1. The Morgan fingerprint density at radius 3 is 2.82 bits per heavy atom. The Hall–Kier alpha value is -1.39. The van der Waals surface area contributed by atoms with Crippen LogP contribution >= 0.6 is 15.9 Å². The second-order valence-corrected chi connectivity index (χ2v) is 4.68. The molecule has 0 aliphatic rings. The van der Waals surface area contributed by atoms with Gasteiger partial charge >= 0.3 is 0 Å². The predicted molar refractivity (Wildman–Crippen MR) is 71.1 cm³/mol. The van der Waals surface area contributed by atoms with Crippen molar-refractivity contribution in [1.29, 1.82) is 0 Å². The fourth-order valence-corrected chi connectivity index (χ4v) is 1.85. The third-order valence-electron chi connectivity index (χ3n) is 2.33. The van der Waals surface area contributed by atoms with Gasteiger partial charge in [0.1, 0.15) is 11.5 Å². The van der Waals surface area contributed by atoms with Gasteiger partial charge in [-0.05, 0) is 31.2 Å². The Labute approximate surface area is 109 Å². The number of nitrogens with two attached hydrogens (primary N) is 1. The molecule has 0 bridgehead atoms. The number of nitrogens with zero attached hydrogens (tertiary/aromatic N) is 1. The van der Waals surface area contributed by atoms with E-state index in [1.807, 2.05) is 37.3 Å². The molecule has 1 unspecified atom stereocenters. The average Bonchev–Trinajstić information content (AvgIpc) is 2.30. The minimum atomic E-state index is -0.0743. The first kappa shape index (κ1) is 12.1. The first-order chi connectivity index (χ1) is 8.16. The van der Waals surface area contributed by atoms with E-state index in [2.05, 4.69) is 20.9 Å². The zero-order valence-electron chi connectivity index (χ0n) is 9.43. The first-order valence-corrected chi connectivity index (χ1v) is 6.09. The molecule has 2 aromatic rings. The lowest BCUT2D eigenvalue weighted by Gasteiger charge is -2.13. The van der Waals surface area contributed by atoms with Crippen LogP contribution in [-0.4, -0.2) is 4.98 Å². The molecule has 88 valence electrons. The summed E-state index contributed by atoms with van der Waals surface area (Å²) in [6.45, 7) is 1.93. The van der Waals surface area contributed by atoms with E-state index in [0.29, 0.717) is 5.75 Å². The number of benzene rings is 1. The van der Waals surface area contributed by atoms with E-state index in [4.69, 9.17) is 10.5 Å². The molecule has 1 heterocycles. The van der Waals surface area contributed by atoms with Gasteiger partial charge in [-0.1, -0.05) is 22.0 Å². The molecule has 3 nitrogen and oxygen atoms in total. The molecule has 0 fully saturated rings. The van der Waals surface area contributed by atoms with Crippen molar-refractivity contribution in [3.8, 4) is 11.5 Å². The maximum Gasteiger partial charge on any atom is 0.145 e. The number of halogens is 1. The summed E-state index contributed by atoms with van der Waals surface area (Å²) in [6.07, 6.45) is 3.38. The maximum atomic E-state index is 5.91. The van der Waals surface area contributed by atoms with E-state index in [1.54, 1.807) is 12.4 Å². The molecule has 0 saturated heterocycles. The van der Waals surface area contributed by atoms with Crippen LogP contribution in [0.5, 0.6) is 11.5 Å². The van der Waals surface area contributed by atoms with Gasteiger partial charge < -0.3 is 10.5 Å². The molecule has 0 saturated carbocycles. The van der Waals surface area contributed by atoms with Gasteiger partial charge in [-0.25, -0.2) is 0 Å². The summed E-state index contributed by atoms with van der Waals surface area (Å²) in [4.78, 5) is 4.01. The van der Waals surface area contributed by atoms with E-state index in [1.165, 1.54) is 0 Å². The molecule has 1 aromatic carbocycles. The lowest BCUT2D eigenvalue weighted by Crippen LogP contribution is -2.06. The Balaban J connectivity index is 2.34. The predicted octanol–water partition coefficient (Wildman–Crippen LogP) is 3.66. The molecule has 2 rings (SSSR count). The molecule has 1 atom stereocenters. The molecule has 0 aliphatic carbocycles. The van der Waals surface area contributed by atoms with Crippen molar-refractivity contribution in [3.05, 3.63) is 52.8 Å². The summed E-state index contributed by atoms with van der Waals surface area (Å²) in [6, 6.07) is 9.44. The zero-order chi connectivity index (χ0) is 12.3. The van der Waals surface area contributed by atoms with Crippen LogP contribution < -0.4 is 10.5 Å². The lowest BCUT2D eigenvalue weighted by atomic mass is 10.1. The summed E-state index contributed by atoms with van der Waals surface area (Å²) < 4.78 is 6.74. The van der Waals surface area contributed by atoms with Crippen LogP contribution in [0.3, 0.4) is 0 Å². The first-order valence-electron chi connectivity index (χ1n) is 5.30. The van der Waals surface area contributed by atoms with Crippen LogP contribution in [0.25, 0.3) is 0 Å². The van der Waals surface area contributed by atoms with Gasteiger partial charge in [0.15, 0.2) is 0 Å². The minimum absolute atomic E-state index is 0.0743. The van der Waals surface area contributed by atoms with Crippen molar-refractivity contribution >= 4 is 15.9 Å². The SMILES string of the molecule is CC(N)c1ccc(Br)cc1Oc1cccnc1. The fraction of sp³-hybridized carbons (Fsp3) is 0.154. The summed E-state index contributed by atoms with van der Waals surface area (Å²) in [5, 5.41) is 0. The molecular formula is C13H13BrN2O. The summed E-state index contributed by atoms with van der Waals surface area (Å²) in [5.74, 6) is 1.45. The normalized spacial score (nSPS) is 12.2. The number of ether oxygens (including phenoxy) is 1. The Morgan fingerprint density at radius 2 is 2.18 bits per heavy atom. The quantitative estimate of drug-likeness (QED) is 0.939. The van der Waals surface area contributed by atoms with Gasteiger partial charge in [0.2, 0.25) is 0 Å². The second kappa shape index (κ2) is 5.29. The highest BCUT2D eigenvalue weighted by Crippen LogP contribution is 2.31. The molecule has 2 N–H and O–H groups in total. The molecule has 1 aromatic heterocycles. The van der Waals surface area contributed by atoms with Crippen molar-refractivity contribution in [3.63, 3.8) is 0 Å². The highest BCUT2D eigenvalue weighted by Gasteiger charge is 2.09. The Kier molecular flexibility index (Phi) is 3.76. The molecule has 0 amide bonds. The Morgan fingerprint density at radius 1 is 1.35 bits per heavy atom.